The third kappa shape index (κ3) is 3.70. The third-order valence-electron chi connectivity index (χ3n) is 3.23. The van der Waals surface area contributed by atoms with Gasteiger partial charge < -0.3 is 15.4 Å². The normalized spacial score (nSPS) is 21.6. The standard InChI is InChI=1S/C14H21BrN2O/c1-10-4-3-5-13(14(10)15)17-11(2)8-12-9-18-7-6-16-12/h3-5,11-12,16-17H,6-9H2,1-2H3. The molecule has 0 saturated carbocycles. The summed E-state index contributed by atoms with van der Waals surface area (Å²) in [5, 5.41) is 7.04. The molecule has 2 unspecified atom stereocenters. The van der Waals surface area contributed by atoms with Gasteiger partial charge in [-0.2, -0.15) is 0 Å². The number of halogens is 1. The maximum atomic E-state index is 5.48. The van der Waals surface area contributed by atoms with Gasteiger partial charge in [0.05, 0.1) is 13.2 Å². The van der Waals surface area contributed by atoms with Crippen LogP contribution in [-0.4, -0.2) is 31.8 Å². The lowest BCUT2D eigenvalue weighted by Gasteiger charge is -2.27. The summed E-state index contributed by atoms with van der Waals surface area (Å²) in [5.74, 6) is 0. The molecule has 1 aliphatic heterocycles. The first-order valence-corrected chi connectivity index (χ1v) is 7.29. The van der Waals surface area contributed by atoms with E-state index < -0.39 is 0 Å². The number of nitrogens with one attached hydrogen (secondary N) is 2. The third-order valence-corrected chi connectivity index (χ3v) is 4.28. The molecule has 3 nitrogen and oxygen atoms in total. The van der Waals surface area contributed by atoms with Crippen molar-refractivity contribution in [1.29, 1.82) is 0 Å². The van der Waals surface area contributed by atoms with Gasteiger partial charge in [0.15, 0.2) is 0 Å². The summed E-state index contributed by atoms with van der Waals surface area (Å²) in [6.07, 6.45) is 1.07. The van der Waals surface area contributed by atoms with Crippen LogP contribution in [0.25, 0.3) is 0 Å². The second-order valence-corrected chi connectivity index (χ2v) is 5.74. The molecule has 0 amide bonds. The molecule has 1 aromatic rings. The molecule has 0 aromatic heterocycles. The predicted octanol–water partition coefficient (Wildman–Crippen LogP) is 2.94. The lowest BCUT2D eigenvalue weighted by molar-refractivity contribution is 0.0731. The number of benzene rings is 1. The van der Waals surface area contributed by atoms with Crippen LogP contribution in [0.2, 0.25) is 0 Å². The number of hydrogen-bond donors (Lipinski definition) is 2. The Kier molecular flexibility index (Phi) is 5.03. The number of ether oxygens (including phenoxy) is 1. The lowest BCUT2D eigenvalue weighted by Crippen LogP contribution is -2.43. The number of anilines is 1. The van der Waals surface area contributed by atoms with Gasteiger partial charge in [0, 0.05) is 28.8 Å². The van der Waals surface area contributed by atoms with E-state index in [-0.39, 0.29) is 0 Å². The molecule has 1 aliphatic rings. The molecule has 2 N–H and O–H groups in total. The Morgan fingerprint density at radius 2 is 2.39 bits per heavy atom. The Morgan fingerprint density at radius 3 is 3.11 bits per heavy atom. The van der Waals surface area contributed by atoms with E-state index in [0.717, 1.165) is 30.7 Å². The van der Waals surface area contributed by atoms with E-state index in [9.17, 15) is 0 Å². The van der Waals surface area contributed by atoms with Crippen molar-refractivity contribution < 1.29 is 4.74 Å². The maximum Gasteiger partial charge on any atom is 0.0621 e. The van der Waals surface area contributed by atoms with Gasteiger partial charge in [0.1, 0.15) is 0 Å². The lowest BCUT2D eigenvalue weighted by atomic mass is 10.1. The van der Waals surface area contributed by atoms with Crippen LogP contribution in [0.15, 0.2) is 22.7 Å². The van der Waals surface area contributed by atoms with Crippen LogP contribution in [0.1, 0.15) is 18.9 Å². The molecule has 1 aromatic carbocycles. The van der Waals surface area contributed by atoms with Crippen LogP contribution in [-0.2, 0) is 4.74 Å². The van der Waals surface area contributed by atoms with Crippen LogP contribution < -0.4 is 10.6 Å². The largest absolute Gasteiger partial charge is 0.382 e. The first-order chi connectivity index (χ1) is 8.66. The molecule has 2 rings (SSSR count). The van der Waals surface area contributed by atoms with Gasteiger partial charge in [0.25, 0.3) is 0 Å². The number of morpholine rings is 1. The fourth-order valence-electron chi connectivity index (χ4n) is 2.28. The second-order valence-electron chi connectivity index (χ2n) is 4.94. The molecule has 1 fully saturated rings. The summed E-state index contributed by atoms with van der Waals surface area (Å²) in [6.45, 7) is 6.94. The molecule has 1 heterocycles. The molecule has 2 atom stereocenters. The Hall–Kier alpha value is -0.580. The molecule has 0 spiro atoms. The van der Waals surface area contributed by atoms with E-state index in [0.29, 0.717) is 12.1 Å². The van der Waals surface area contributed by atoms with Gasteiger partial charge in [0.2, 0.25) is 0 Å². The van der Waals surface area contributed by atoms with E-state index >= 15 is 0 Å². The zero-order valence-electron chi connectivity index (χ0n) is 11.0. The second kappa shape index (κ2) is 6.55. The maximum absolute atomic E-state index is 5.48. The summed E-state index contributed by atoms with van der Waals surface area (Å²) in [6, 6.07) is 7.18. The first kappa shape index (κ1) is 13.8. The van der Waals surface area contributed by atoms with E-state index in [2.05, 4.69) is 58.6 Å². The molecule has 4 heteroatoms. The average Bonchev–Trinajstić information content (AvgIpc) is 2.36. The summed E-state index contributed by atoms with van der Waals surface area (Å²) < 4.78 is 6.63. The number of rotatable bonds is 4. The molecule has 0 radical (unpaired) electrons. The molecule has 0 bridgehead atoms. The van der Waals surface area contributed by atoms with E-state index in [4.69, 9.17) is 4.74 Å². The topological polar surface area (TPSA) is 33.3 Å². The van der Waals surface area contributed by atoms with Gasteiger partial charge in [-0.25, -0.2) is 0 Å². The van der Waals surface area contributed by atoms with E-state index in [1.807, 2.05) is 0 Å². The Balaban J connectivity index is 1.90. The highest BCUT2D eigenvalue weighted by Gasteiger charge is 2.16. The summed E-state index contributed by atoms with van der Waals surface area (Å²) >= 11 is 3.63. The molecule has 0 aliphatic carbocycles. The Bertz CT molecular complexity index is 391. The van der Waals surface area contributed by atoms with Gasteiger partial charge in [-0.3, -0.25) is 0 Å². The summed E-state index contributed by atoms with van der Waals surface area (Å²) in [7, 11) is 0. The zero-order chi connectivity index (χ0) is 13.0. The number of hydrogen-bond acceptors (Lipinski definition) is 3. The highest BCUT2D eigenvalue weighted by atomic mass is 79.9. The first-order valence-electron chi connectivity index (χ1n) is 6.49. The molecule has 100 valence electrons. The molecular weight excluding hydrogens is 292 g/mol. The van der Waals surface area contributed by atoms with Crippen molar-refractivity contribution in [2.24, 2.45) is 0 Å². The van der Waals surface area contributed by atoms with E-state index in [1.165, 1.54) is 11.3 Å². The number of aryl methyl sites for hydroxylation is 1. The van der Waals surface area contributed by atoms with Crippen LogP contribution in [0.4, 0.5) is 5.69 Å². The smallest absolute Gasteiger partial charge is 0.0621 e. The molecule has 1 saturated heterocycles. The van der Waals surface area contributed by atoms with Crippen molar-refractivity contribution in [3.63, 3.8) is 0 Å². The van der Waals surface area contributed by atoms with Crippen molar-refractivity contribution in [2.75, 3.05) is 25.1 Å². The van der Waals surface area contributed by atoms with Crippen LogP contribution in [0.5, 0.6) is 0 Å². The quantitative estimate of drug-likeness (QED) is 0.897. The average molecular weight is 313 g/mol. The highest BCUT2D eigenvalue weighted by molar-refractivity contribution is 9.10. The van der Waals surface area contributed by atoms with Crippen molar-refractivity contribution in [2.45, 2.75) is 32.4 Å². The fraction of sp³-hybridized carbons (Fsp3) is 0.571. The van der Waals surface area contributed by atoms with Crippen molar-refractivity contribution in [3.05, 3.63) is 28.2 Å². The molecule has 18 heavy (non-hydrogen) atoms. The Labute approximate surface area is 117 Å². The van der Waals surface area contributed by atoms with Gasteiger partial charge in [-0.1, -0.05) is 12.1 Å². The minimum Gasteiger partial charge on any atom is -0.382 e. The van der Waals surface area contributed by atoms with E-state index in [1.54, 1.807) is 0 Å². The van der Waals surface area contributed by atoms with Crippen LogP contribution >= 0.6 is 15.9 Å². The highest BCUT2D eigenvalue weighted by Crippen LogP contribution is 2.26. The SMILES string of the molecule is Cc1cccc(NC(C)CC2COCCN2)c1Br. The minimum absolute atomic E-state index is 0.419. The zero-order valence-corrected chi connectivity index (χ0v) is 12.6. The fourth-order valence-corrected chi connectivity index (χ4v) is 2.66. The minimum atomic E-state index is 0.419. The van der Waals surface area contributed by atoms with Crippen molar-refractivity contribution in [1.82, 2.24) is 5.32 Å². The van der Waals surface area contributed by atoms with Crippen molar-refractivity contribution in [3.8, 4) is 0 Å². The van der Waals surface area contributed by atoms with Crippen molar-refractivity contribution >= 4 is 21.6 Å². The summed E-state index contributed by atoms with van der Waals surface area (Å²) in [5.41, 5.74) is 2.42. The van der Waals surface area contributed by atoms with Gasteiger partial charge in [-0.15, -0.1) is 0 Å². The molecular formula is C14H21BrN2O. The van der Waals surface area contributed by atoms with Gasteiger partial charge >= 0.3 is 0 Å². The predicted molar refractivity (Wildman–Crippen MR) is 79.2 cm³/mol. The van der Waals surface area contributed by atoms with Crippen LogP contribution in [0.3, 0.4) is 0 Å². The Morgan fingerprint density at radius 1 is 1.56 bits per heavy atom. The summed E-state index contributed by atoms with van der Waals surface area (Å²) in [4.78, 5) is 0. The van der Waals surface area contributed by atoms with Crippen LogP contribution in [0, 0.1) is 6.92 Å². The monoisotopic (exact) mass is 312 g/mol. The van der Waals surface area contributed by atoms with Gasteiger partial charge in [-0.05, 0) is 47.8 Å².